The molecule has 2 saturated heterocycles. The van der Waals surface area contributed by atoms with E-state index in [4.69, 9.17) is 4.74 Å². The van der Waals surface area contributed by atoms with Crippen molar-refractivity contribution in [3.05, 3.63) is 24.0 Å². The topological polar surface area (TPSA) is 21.3 Å². The van der Waals surface area contributed by atoms with Crippen molar-refractivity contribution >= 4 is 12.4 Å². The van der Waals surface area contributed by atoms with E-state index in [2.05, 4.69) is 23.5 Å². The van der Waals surface area contributed by atoms with E-state index in [1.165, 1.54) is 18.6 Å². The first-order valence-electron chi connectivity index (χ1n) is 5.19. The summed E-state index contributed by atoms with van der Waals surface area (Å²) in [7, 11) is 0. The Morgan fingerprint density at radius 3 is 3.29 bits per heavy atom. The van der Waals surface area contributed by atoms with Crippen LogP contribution in [0.25, 0.3) is 0 Å². The lowest BCUT2D eigenvalue weighted by molar-refractivity contribution is 0.108. The van der Waals surface area contributed by atoms with Crippen LogP contribution in [0, 0.1) is 11.8 Å². The Morgan fingerprint density at radius 1 is 1.43 bits per heavy atom. The summed E-state index contributed by atoms with van der Waals surface area (Å²) in [5.41, 5.74) is 0. The summed E-state index contributed by atoms with van der Waals surface area (Å²) in [5.74, 6) is 2.70. The summed E-state index contributed by atoms with van der Waals surface area (Å²) in [6, 6.07) is 0. The van der Waals surface area contributed by atoms with Crippen LogP contribution in [0.3, 0.4) is 0 Å². The summed E-state index contributed by atoms with van der Waals surface area (Å²) >= 11 is 0. The van der Waals surface area contributed by atoms with Crippen LogP contribution in [0.2, 0.25) is 0 Å². The smallest absolute Gasteiger partial charge is 0.114 e. The van der Waals surface area contributed by atoms with Crippen molar-refractivity contribution in [1.82, 2.24) is 5.32 Å². The van der Waals surface area contributed by atoms with E-state index < -0.39 is 0 Å². The predicted octanol–water partition coefficient (Wildman–Crippen LogP) is 1.88. The maximum atomic E-state index is 5.92. The van der Waals surface area contributed by atoms with Gasteiger partial charge in [-0.05, 0) is 25.5 Å². The summed E-state index contributed by atoms with van der Waals surface area (Å²) in [6.07, 6.45) is 9.45. The van der Waals surface area contributed by atoms with Crippen LogP contribution in [0.4, 0.5) is 0 Å². The molecule has 0 bridgehead atoms. The van der Waals surface area contributed by atoms with E-state index >= 15 is 0 Å². The molecule has 1 N–H and O–H groups in total. The average Bonchev–Trinajstić information content (AvgIpc) is 2.56. The molecule has 14 heavy (non-hydrogen) atoms. The summed E-state index contributed by atoms with van der Waals surface area (Å²) in [5, 5.41) is 3.39. The molecular formula is C11H16ClNO. The first-order valence-corrected chi connectivity index (χ1v) is 5.19. The molecule has 0 aromatic rings. The molecule has 2 nitrogen and oxygen atoms in total. The van der Waals surface area contributed by atoms with Gasteiger partial charge in [-0.15, -0.1) is 12.4 Å². The van der Waals surface area contributed by atoms with Gasteiger partial charge in [0.25, 0.3) is 0 Å². The number of ether oxygens (including phenoxy) is 1. The zero-order valence-electron chi connectivity index (χ0n) is 8.11. The van der Waals surface area contributed by atoms with Crippen LogP contribution in [-0.4, -0.2) is 19.2 Å². The highest BCUT2D eigenvalue weighted by molar-refractivity contribution is 5.85. The van der Waals surface area contributed by atoms with E-state index in [0.29, 0.717) is 12.0 Å². The molecule has 0 aromatic heterocycles. The molecule has 2 heterocycles. The Balaban J connectivity index is 0.000000750. The average molecular weight is 214 g/mol. The van der Waals surface area contributed by atoms with Crippen LogP contribution in [0.5, 0.6) is 0 Å². The third-order valence-corrected chi connectivity index (χ3v) is 3.43. The maximum Gasteiger partial charge on any atom is 0.114 e. The monoisotopic (exact) mass is 213 g/mol. The lowest BCUT2D eigenvalue weighted by atomic mass is 9.81. The van der Waals surface area contributed by atoms with Gasteiger partial charge in [-0.3, -0.25) is 0 Å². The number of rotatable bonds is 0. The van der Waals surface area contributed by atoms with Crippen LogP contribution in [0.15, 0.2) is 24.0 Å². The lowest BCUT2D eigenvalue weighted by Crippen LogP contribution is -2.39. The van der Waals surface area contributed by atoms with E-state index in [1.807, 2.05) is 0 Å². The lowest BCUT2D eigenvalue weighted by Gasteiger charge is -2.26. The first kappa shape index (κ1) is 10.1. The van der Waals surface area contributed by atoms with Crippen molar-refractivity contribution < 1.29 is 4.74 Å². The molecule has 3 aliphatic rings. The highest BCUT2D eigenvalue weighted by atomic mass is 35.5. The zero-order chi connectivity index (χ0) is 8.67. The maximum absolute atomic E-state index is 5.92. The number of fused-ring (bicyclic) bond motifs is 3. The molecule has 78 valence electrons. The molecule has 3 atom stereocenters. The van der Waals surface area contributed by atoms with Crippen molar-refractivity contribution in [3.63, 3.8) is 0 Å². The minimum absolute atomic E-state index is 0. The van der Waals surface area contributed by atoms with Gasteiger partial charge in [-0.1, -0.05) is 12.2 Å². The van der Waals surface area contributed by atoms with Gasteiger partial charge < -0.3 is 10.1 Å². The van der Waals surface area contributed by atoms with Crippen LogP contribution < -0.4 is 5.32 Å². The van der Waals surface area contributed by atoms with Crippen LogP contribution >= 0.6 is 12.4 Å². The SMILES string of the molecule is C1=CCC2C(=C1)OC1CNCCC12.Cl. The van der Waals surface area contributed by atoms with Gasteiger partial charge in [0.15, 0.2) is 0 Å². The minimum Gasteiger partial charge on any atom is -0.493 e. The first-order chi connectivity index (χ1) is 6.45. The molecule has 2 fully saturated rings. The standard InChI is InChI=1S/C11H15NO.ClH/c1-2-4-10-8(3-1)9-5-6-12-7-11(9)13-10;/h1-2,4,8-9,11-12H,3,5-7H2;1H. The Labute approximate surface area is 90.8 Å². The van der Waals surface area contributed by atoms with E-state index in [-0.39, 0.29) is 12.4 Å². The Kier molecular flexibility index (Phi) is 2.84. The van der Waals surface area contributed by atoms with Gasteiger partial charge in [0.1, 0.15) is 11.9 Å². The number of hydrogen-bond acceptors (Lipinski definition) is 2. The number of nitrogens with one attached hydrogen (secondary N) is 1. The molecule has 0 radical (unpaired) electrons. The molecule has 0 amide bonds. The molecule has 0 aromatic carbocycles. The van der Waals surface area contributed by atoms with Crippen LogP contribution in [-0.2, 0) is 4.74 Å². The summed E-state index contributed by atoms with van der Waals surface area (Å²) < 4.78 is 5.92. The second kappa shape index (κ2) is 3.95. The molecule has 3 rings (SSSR count). The van der Waals surface area contributed by atoms with Gasteiger partial charge >= 0.3 is 0 Å². The van der Waals surface area contributed by atoms with Crippen molar-refractivity contribution in [2.75, 3.05) is 13.1 Å². The normalized spacial score (nSPS) is 38.9. The molecule has 3 heteroatoms. The van der Waals surface area contributed by atoms with E-state index in [0.717, 1.165) is 19.0 Å². The fraction of sp³-hybridized carbons (Fsp3) is 0.636. The molecule has 0 spiro atoms. The third kappa shape index (κ3) is 1.47. The predicted molar refractivity (Wildman–Crippen MR) is 58.4 cm³/mol. The third-order valence-electron chi connectivity index (χ3n) is 3.43. The van der Waals surface area contributed by atoms with Gasteiger partial charge in [0.05, 0.1) is 0 Å². The number of piperidine rings is 1. The molecule has 1 aliphatic carbocycles. The molecule has 2 aliphatic heterocycles. The highest BCUT2D eigenvalue weighted by Gasteiger charge is 2.42. The van der Waals surface area contributed by atoms with Crippen molar-refractivity contribution in [1.29, 1.82) is 0 Å². The van der Waals surface area contributed by atoms with Crippen molar-refractivity contribution in [2.45, 2.75) is 18.9 Å². The molecule has 3 unspecified atom stereocenters. The van der Waals surface area contributed by atoms with Crippen molar-refractivity contribution in [3.8, 4) is 0 Å². The van der Waals surface area contributed by atoms with Gasteiger partial charge in [-0.25, -0.2) is 0 Å². The largest absolute Gasteiger partial charge is 0.493 e. The Morgan fingerprint density at radius 2 is 2.36 bits per heavy atom. The van der Waals surface area contributed by atoms with E-state index in [9.17, 15) is 0 Å². The summed E-state index contributed by atoms with van der Waals surface area (Å²) in [6.45, 7) is 2.20. The van der Waals surface area contributed by atoms with Gasteiger partial charge in [0, 0.05) is 18.4 Å². The summed E-state index contributed by atoms with van der Waals surface area (Å²) in [4.78, 5) is 0. The van der Waals surface area contributed by atoms with Crippen molar-refractivity contribution in [2.24, 2.45) is 11.8 Å². The van der Waals surface area contributed by atoms with Gasteiger partial charge in [-0.2, -0.15) is 0 Å². The Hall–Kier alpha value is -0.470. The van der Waals surface area contributed by atoms with Gasteiger partial charge in [0.2, 0.25) is 0 Å². The number of halogens is 1. The number of allylic oxidation sites excluding steroid dienone is 4. The number of hydrogen-bond donors (Lipinski definition) is 1. The Bertz CT molecular complexity index is 274. The fourth-order valence-electron chi connectivity index (χ4n) is 2.75. The second-order valence-electron chi connectivity index (χ2n) is 4.15. The van der Waals surface area contributed by atoms with Crippen LogP contribution in [0.1, 0.15) is 12.8 Å². The molecule has 0 saturated carbocycles. The zero-order valence-corrected chi connectivity index (χ0v) is 8.93. The fourth-order valence-corrected chi connectivity index (χ4v) is 2.75. The molecular weight excluding hydrogens is 198 g/mol. The second-order valence-corrected chi connectivity index (χ2v) is 4.15. The highest BCUT2D eigenvalue weighted by Crippen LogP contribution is 2.42. The quantitative estimate of drug-likeness (QED) is 0.664. The van der Waals surface area contributed by atoms with E-state index in [1.54, 1.807) is 0 Å². The minimum atomic E-state index is 0.